The number of aromatic nitrogens is 1. The maximum atomic E-state index is 14.0. The highest BCUT2D eigenvalue weighted by atomic mass is 32.1. The van der Waals surface area contributed by atoms with Gasteiger partial charge >= 0.3 is 0 Å². The maximum Gasteiger partial charge on any atom is 0.181 e. The maximum absolute atomic E-state index is 14.0. The zero-order valence-electron chi connectivity index (χ0n) is 17.6. The molecule has 7 heteroatoms. The molecule has 2 heterocycles. The lowest BCUT2D eigenvalue weighted by atomic mass is 10.0. The number of hydrogen-bond donors (Lipinski definition) is 0. The second-order valence-electron chi connectivity index (χ2n) is 7.09. The van der Waals surface area contributed by atoms with E-state index in [-0.39, 0.29) is 35.9 Å². The fourth-order valence-electron chi connectivity index (χ4n) is 3.47. The fraction of sp³-hybridized carbons (Fsp3) is 0.160. The van der Waals surface area contributed by atoms with Crippen LogP contribution < -0.4 is 9.47 Å². The van der Waals surface area contributed by atoms with Crippen LogP contribution in [-0.2, 0) is 0 Å². The number of carbonyl (C=O) groups excluding carboxylic acids is 2. The van der Waals surface area contributed by atoms with Crippen molar-refractivity contribution in [2.45, 2.75) is 12.8 Å². The molecule has 0 saturated carbocycles. The first-order valence-electron chi connectivity index (χ1n) is 9.93. The third kappa shape index (κ3) is 4.24. The summed E-state index contributed by atoms with van der Waals surface area (Å²) in [7, 11) is 3.02. The predicted molar refractivity (Wildman–Crippen MR) is 122 cm³/mol. The summed E-state index contributed by atoms with van der Waals surface area (Å²) in [6.07, 6.45) is 0.0788. The number of Topliss-reactive ketones (excluding diaryl/α,β-unsaturated/α-hetero) is 2. The van der Waals surface area contributed by atoms with E-state index >= 15 is 0 Å². The summed E-state index contributed by atoms with van der Waals surface area (Å²) >= 11 is 1.30. The molecule has 0 bridgehead atoms. The highest BCUT2D eigenvalue weighted by molar-refractivity contribution is 7.17. The summed E-state index contributed by atoms with van der Waals surface area (Å²) in [6.45, 7) is 0. The lowest BCUT2D eigenvalue weighted by Gasteiger charge is -2.09. The van der Waals surface area contributed by atoms with Crippen molar-refractivity contribution in [2.24, 2.45) is 0 Å². The normalized spacial score (nSPS) is 10.8. The highest BCUT2D eigenvalue weighted by Gasteiger charge is 2.16. The van der Waals surface area contributed by atoms with Crippen LogP contribution in [0.2, 0.25) is 0 Å². The van der Waals surface area contributed by atoms with Gasteiger partial charge in [-0.3, -0.25) is 9.59 Å². The molecule has 2 aromatic carbocycles. The molecule has 0 amide bonds. The van der Waals surface area contributed by atoms with Crippen molar-refractivity contribution >= 4 is 33.0 Å². The van der Waals surface area contributed by atoms with Crippen LogP contribution in [-0.4, -0.2) is 30.8 Å². The largest absolute Gasteiger partial charge is 0.493 e. The third-order valence-corrected chi connectivity index (χ3v) is 6.15. The van der Waals surface area contributed by atoms with E-state index in [4.69, 9.17) is 9.47 Å². The Hall–Kier alpha value is -3.58. The van der Waals surface area contributed by atoms with Crippen LogP contribution in [0.4, 0.5) is 4.39 Å². The topological polar surface area (TPSA) is 65.5 Å². The van der Waals surface area contributed by atoms with E-state index in [1.807, 2.05) is 11.4 Å². The Morgan fingerprint density at radius 2 is 1.69 bits per heavy atom. The molecule has 32 heavy (non-hydrogen) atoms. The Kier molecular flexibility index (Phi) is 6.28. The number of rotatable bonds is 8. The number of halogens is 1. The smallest absolute Gasteiger partial charge is 0.181 e. The van der Waals surface area contributed by atoms with Gasteiger partial charge in [-0.1, -0.05) is 18.2 Å². The molecule has 4 aromatic rings. The molecular formula is C25H20FNO4S. The van der Waals surface area contributed by atoms with Gasteiger partial charge in [0.25, 0.3) is 0 Å². The number of benzene rings is 2. The third-order valence-electron chi connectivity index (χ3n) is 5.15. The van der Waals surface area contributed by atoms with Gasteiger partial charge in [-0.2, -0.15) is 0 Å². The van der Waals surface area contributed by atoms with Crippen LogP contribution in [0.3, 0.4) is 0 Å². The zero-order chi connectivity index (χ0) is 22.7. The number of hydrogen-bond acceptors (Lipinski definition) is 6. The van der Waals surface area contributed by atoms with E-state index in [9.17, 15) is 14.0 Å². The summed E-state index contributed by atoms with van der Waals surface area (Å²) in [5, 5.41) is 2.60. The van der Waals surface area contributed by atoms with Crippen molar-refractivity contribution in [3.8, 4) is 22.8 Å². The molecule has 0 N–H and O–H groups in total. The summed E-state index contributed by atoms with van der Waals surface area (Å²) < 4.78 is 25.0. The molecule has 0 atom stereocenters. The first kappa shape index (κ1) is 21.6. The Bertz CT molecular complexity index is 1310. The van der Waals surface area contributed by atoms with Gasteiger partial charge in [0.2, 0.25) is 0 Å². The summed E-state index contributed by atoms with van der Waals surface area (Å²) in [4.78, 5) is 29.8. The van der Waals surface area contributed by atoms with Gasteiger partial charge in [0.15, 0.2) is 23.1 Å². The minimum absolute atomic E-state index is 0.0304. The predicted octanol–water partition coefficient (Wildman–Crippen LogP) is 5.97. The number of thiophene rings is 1. The van der Waals surface area contributed by atoms with E-state index in [2.05, 4.69) is 4.98 Å². The van der Waals surface area contributed by atoms with E-state index in [1.54, 1.807) is 42.5 Å². The van der Waals surface area contributed by atoms with Crippen LogP contribution in [0.1, 0.15) is 33.7 Å². The zero-order valence-corrected chi connectivity index (χ0v) is 18.4. The molecular weight excluding hydrogens is 429 g/mol. The molecule has 0 aliphatic heterocycles. The van der Waals surface area contributed by atoms with Crippen LogP contribution in [0.15, 0.2) is 60.0 Å². The van der Waals surface area contributed by atoms with Gasteiger partial charge in [0, 0.05) is 34.7 Å². The Labute approximate surface area is 188 Å². The molecule has 0 saturated heterocycles. The average molecular weight is 450 g/mol. The number of ether oxygens (including phenoxy) is 2. The molecule has 0 unspecified atom stereocenters. The van der Waals surface area contributed by atoms with Gasteiger partial charge in [-0.25, -0.2) is 9.37 Å². The molecule has 0 spiro atoms. The lowest BCUT2D eigenvalue weighted by molar-refractivity contribution is 0.0915. The van der Waals surface area contributed by atoms with E-state index in [1.165, 1.54) is 31.6 Å². The molecule has 162 valence electrons. The Morgan fingerprint density at radius 1 is 0.938 bits per heavy atom. The van der Waals surface area contributed by atoms with Crippen molar-refractivity contribution in [2.75, 3.05) is 14.2 Å². The first-order valence-corrected chi connectivity index (χ1v) is 10.8. The Balaban J connectivity index is 1.50. The van der Waals surface area contributed by atoms with Crippen LogP contribution in [0.25, 0.3) is 21.3 Å². The minimum Gasteiger partial charge on any atom is -0.493 e. The minimum atomic E-state index is -0.278. The SMILES string of the molecule is COc1ccc(C(=O)CCC(=O)c2cccc(-c3csc4c(F)cccc34)n2)cc1OC. The van der Waals surface area contributed by atoms with Gasteiger partial charge in [0.05, 0.1) is 24.6 Å². The van der Waals surface area contributed by atoms with Crippen LogP contribution in [0.5, 0.6) is 11.5 Å². The number of nitrogens with zero attached hydrogens (tertiary/aromatic N) is 1. The molecule has 2 aromatic heterocycles. The highest BCUT2D eigenvalue weighted by Crippen LogP contribution is 2.34. The van der Waals surface area contributed by atoms with Crippen LogP contribution in [0, 0.1) is 5.82 Å². The Morgan fingerprint density at radius 3 is 2.47 bits per heavy atom. The van der Waals surface area contributed by atoms with Crippen molar-refractivity contribution in [1.82, 2.24) is 4.98 Å². The lowest BCUT2D eigenvalue weighted by Crippen LogP contribution is -2.07. The van der Waals surface area contributed by atoms with Crippen LogP contribution >= 0.6 is 11.3 Å². The van der Waals surface area contributed by atoms with Crippen molar-refractivity contribution < 1.29 is 23.5 Å². The molecule has 0 radical (unpaired) electrons. The monoisotopic (exact) mass is 449 g/mol. The van der Waals surface area contributed by atoms with Gasteiger partial charge < -0.3 is 9.47 Å². The first-order chi connectivity index (χ1) is 15.5. The van der Waals surface area contributed by atoms with Crippen molar-refractivity contribution in [1.29, 1.82) is 0 Å². The fourth-order valence-corrected chi connectivity index (χ4v) is 4.44. The van der Waals surface area contributed by atoms with Crippen molar-refractivity contribution in [3.63, 3.8) is 0 Å². The van der Waals surface area contributed by atoms with Gasteiger partial charge in [-0.15, -0.1) is 11.3 Å². The summed E-state index contributed by atoms with van der Waals surface area (Å²) in [5.74, 6) is 0.307. The number of pyridine rings is 1. The molecule has 0 aliphatic rings. The molecule has 0 aliphatic carbocycles. The molecule has 5 nitrogen and oxygen atoms in total. The summed E-state index contributed by atoms with van der Waals surface area (Å²) in [6, 6.07) is 15.0. The number of fused-ring (bicyclic) bond motifs is 1. The number of carbonyl (C=O) groups is 2. The van der Waals surface area contributed by atoms with E-state index in [0.29, 0.717) is 27.5 Å². The quantitative estimate of drug-likeness (QED) is 0.310. The van der Waals surface area contributed by atoms with Crippen molar-refractivity contribution in [3.05, 3.63) is 77.1 Å². The van der Waals surface area contributed by atoms with Gasteiger partial charge in [-0.05, 0) is 36.4 Å². The standard InChI is InChI=1S/C25H20FNO4S/c1-30-23-12-9-15(13-24(23)31-2)21(28)10-11-22(29)20-8-4-7-19(27-20)17-14-32-25-16(17)5-3-6-18(25)26/h3-9,12-14H,10-11H2,1-2H3. The number of methoxy groups -OCH3 is 2. The average Bonchev–Trinajstić information content (AvgIpc) is 3.27. The van der Waals surface area contributed by atoms with Gasteiger partial charge in [0.1, 0.15) is 11.5 Å². The van der Waals surface area contributed by atoms with E-state index in [0.717, 1.165) is 10.9 Å². The summed E-state index contributed by atoms with van der Waals surface area (Å²) in [5.41, 5.74) is 2.10. The molecule has 0 fully saturated rings. The second-order valence-corrected chi connectivity index (χ2v) is 7.97. The molecule has 4 rings (SSSR count). The second kappa shape index (κ2) is 9.28. The van der Waals surface area contributed by atoms with E-state index < -0.39 is 0 Å². The number of ketones is 2.